The molecule has 100 valence electrons. The molecule has 1 aromatic heterocycles. The minimum atomic E-state index is -4.35. The first kappa shape index (κ1) is 13.1. The van der Waals surface area contributed by atoms with E-state index in [1.165, 1.54) is 24.4 Å². The lowest BCUT2D eigenvalue weighted by Crippen LogP contribution is -2.04. The zero-order valence-corrected chi connectivity index (χ0v) is 9.90. The number of halogens is 3. The van der Waals surface area contributed by atoms with Gasteiger partial charge in [-0.25, -0.2) is 4.98 Å². The Morgan fingerprint density at radius 1 is 1.11 bits per heavy atom. The molecule has 0 saturated carbocycles. The predicted octanol–water partition coefficient (Wildman–Crippen LogP) is 3.33. The number of hydrogen-bond donors (Lipinski definition) is 1. The van der Waals surface area contributed by atoms with Gasteiger partial charge in [-0.1, -0.05) is 0 Å². The molecule has 0 radical (unpaired) electrons. The van der Waals surface area contributed by atoms with Gasteiger partial charge < -0.3 is 10.1 Å². The van der Waals surface area contributed by atoms with E-state index in [1.54, 1.807) is 7.05 Å². The first-order chi connectivity index (χ1) is 8.99. The van der Waals surface area contributed by atoms with Crippen LogP contribution in [0.1, 0.15) is 5.56 Å². The van der Waals surface area contributed by atoms with Crippen LogP contribution < -0.4 is 10.1 Å². The molecule has 0 aliphatic carbocycles. The monoisotopic (exact) mass is 269 g/mol. The summed E-state index contributed by atoms with van der Waals surface area (Å²) in [5.74, 6) is 0.886. The number of hydrogen-bond acceptors (Lipinski definition) is 4. The van der Waals surface area contributed by atoms with E-state index in [2.05, 4.69) is 15.3 Å². The van der Waals surface area contributed by atoms with E-state index in [9.17, 15) is 13.2 Å². The second kappa shape index (κ2) is 5.13. The molecule has 7 heteroatoms. The van der Waals surface area contributed by atoms with Crippen molar-refractivity contribution in [1.29, 1.82) is 0 Å². The molecule has 19 heavy (non-hydrogen) atoms. The second-order valence-electron chi connectivity index (χ2n) is 3.59. The van der Waals surface area contributed by atoms with Crippen LogP contribution in [0, 0.1) is 0 Å². The Bertz CT molecular complexity index is 555. The minimum absolute atomic E-state index is 0.249. The Hall–Kier alpha value is -2.31. The van der Waals surface area contributed by atoms with E-state index >= 15 is 0 Å². The lowest BCUT2D eigenvalue weighted by molar-refractivity contribution is -0.137. The average Bonchev–Trinajstić information content (AvgIpc) is 2.38. The SMILES string of the molecule is CNc1nccc(Oc2ccc(C(F)(F)F)cc2)n1. The topological polar surface area (TPSA) is 47.0 Å². The number of nitrogens with zero attached hydrogens (tertiary/aromatic N) is 2. The fraction of sp³-hybridized carbons (Fsp3) is 0.167. The molecule has 1 aromatic carbocycles. The molecule has 1 N–H and O–H groups in total. The summed E-state index contributed by atoms with van der Waals surface area (Å²) in [5.41, 5.74) is -0.724. The van der Waals surface area contributed by atoms with Gasteiger partial charge in [-0.3, -0.25) is 0 Å². The van der Waals surface area contributed by atoms with Gasteiger partial charge in [0.25, 0.3) is 0 Å². The van der Waals surface area contributed by atoms with Crippen molar-refractivity contribution in [2.75, 3.05) is 12.4 Å². The lowest BCUT2D eigenvalue weighted by atomic mass is 10.2. The van der Waals surface area contributed by atoms with E-state index in [0.29, 0.717) is 5.95 Å². The zero-order chi connectivity index (χ0) is 13.9. The maximum absolute atomic E-state index is 12.4. The van der Waals surface area contributed by atoms with Gasteiger partial charge in [0.2, 0.25) is 11.8 Å². The van der Waals surface area contributed by atoms with Crippen LogP contribution >= 0.6 is 0 Å². The highest BCUT2D eigenvalue weighted by atomic mass is 19.4. The van der Waals surface area contributed by atoms with Crippen molar-refractivity contribution in [2.24, 2.45) is 0 Å². The molecular weight excluding hydrogens is 259 g/mol. The van der Waals surface area contributed by atoms with Gasteiger partial charge in [-0.15, -0.1) is 0 Å². The molecule has 0 amide bonds. The Labute approximate surface area is 107 Å². The third-order valence-electron chi connectivity index (χ3n) is 2.26. The zero-order valence-electron chi connectivity index (χ0n) is 9.90. The molecular formula is C12H10F3N3O. The minimum Gasteiger partial charge on any atom is -0.439 e. The fourth-order valence-corrected chi connectivity index (χ4v) is 1.35. The van der Waals surface area contributed by atoms with Gasteiger partial charge in [0.05, 0.1) is 5.56 Å². The largest absolute Gasteiger partial charge is 0.439 e. The van der Waals surface area contributed by atoms with Crippen LogP contribution in [0.25, 0.3) is 0 Å². The van der Waals surface area contributed by atoms with Crippen LogP contribution in [0.2, 0.25) is 0 Å². The molecule has 2 aromatic rings. The number of rotatable bonds is 3. The van der Waals surface area contributed by atoms with E-state index in [4.69, 9.17) is 4.74 Å². The molecule has 0 spiro atoms. The van der Waals surface area contributed by atoms with Crippen LogP contribution in [0.4, 0.5) is 19.1 Å². The summed E-state index contributed by atoms with van der Waals surface area (Å²) in [4.78, 5) is 7.89. The first-order valence-electron chi connectivity index (χ1n) is 5.35. The molecule has 0 unspecified atom stereocenters. The molecule has 4 nitrogen and oxygen atoms in total. The average molecular weight is 269 g/mol. The highest BCUT2D eigenvalue weighted by Gasteiger charge is 2.30. The maximum Gasteiger partial charge on any atom is 0.416 e. The maximum atomic E-state index is 12.4. The lowest BCUT2D eigenvalue weighted by Gasteiger charge is -2.08. The molecule has 0 aliphatic rings. The standard InChI is InChI=1S/C12H10F3N3O/c1-16-11-17-7-6-10(18-11)19-9-4-2-8(3-5-9)12(13,14)15/h2-7H,1H3,(H,16,17,18). The highest BCUT2D eigenvalue weighted by Crippen LogP contribution is 2.31. The summed E-state index contributed by atoms with van der Waals surface area (Å²) >= 11 is 0. The molecule has 0 bridgehead atoms. The number of ether oxygens (including phenoxy) is 1. The summed E-state index contributed by atoms with van der Waals surface area (Å²) in [5, 5.41) is 2.73. The molecule has 0 fully saturated rings. The van der Waals surface area contributed by atoms with Crippen LogP contribution in [0.3, 0.4) is 0 Å². The van der Waals surface area contributed by atoms with E-state index < -0.39 is 11.7 Å². The van der Waals surface area contributed by atoms with Crippen molar-refractivity contribution < 1.29 is 17.9 Å². The van der Waals surface area contributed by atoms with Gasteiger partial charge >= 0.3 is 6.18 Å². The quantitative estimate of drug-likeness (QED) is 0.928. The number of nitrogens with one attached hydrogen (secondary N) is 1. The van der Waals surface area contributed by atoms with Gasteiger partial charge in [-0.05, 0) is 24.3 Å². The Morgan fingerprint density at radius 2 is 1.79 bits per heavy atom. The van der Waals surface area contributed by atoms with Crippen molar-refractivity contribution in [3.8, 4) is 11.6 Å². The predicted molar refractivity (Wildman–Crippen MR) is 63.1 cm³/mol. The first-order valence-corrected chi connectivity index (χ1v) is 5.35. The van der Waals surface area contributed by atoms with Gasteiger partial charge in [-0.2, -0.15) is 18.2 Å². The normalized spacial score (nSPS) is 11.2. The molecule has 1 heterocycles. The van der Waals surface area contributed by atoms with Crippen molar-refractivity contribution >= 4 is 5.95 Å². The van der Waals surface area contributed by atoms with Crippen LogP contribution in [-0.4, -0.2) is 17.0 Å². The number of aromatic nitrogens is 2. The Balaban J connectivity index is 2.15. The molecule has 0 atom stereocenters. The van der Waals surface area contributed by atoms with Gasteiger partial charge in [0, 0.05) is 19.3 Å². The van der Waals surface area contributed by atoms with Crippen molar-refractivity contribution in [3.05, 3.63) is 42.1 Å². The summed E-state index contributed by atoms with van der Waals surface area (Å²) < 4.78 is 42.5. The van der Waals surface area contributed by atoms with Crippen LogP contribution in [0.5, 0.6) is 11.6 Å². The number of alkyl halides is 3. The van der Waals surface area contributed by atoms with E-state index in [1.807, 2.05) is 0 Å². The Kier molecular flexibility index (Phi) is 3.55. The second-order valence-corrected chi connectivity index (χ2v) is 3.59. The molecule has 2 rings (SSSR count). The van der Waals surface area contributed by atoms with E-state index in [0.717, 1.165) is 12.1 Å². The summed E-state index contributed by atoms with van der Waals surface area (Å²) in [7, 11) is 1.65. The third kappa shape index (κ3) is 3.34. The smallest absolute Gasteiger partial charge is 0.416 e. The molecule has 0 saturated heterocycles. The van der Waals surface area contributed by atoms with E-state index in [-0.39, 0.29) is 11.6 Å². The van der Waals surface area contributed by atoms with Crippen molar-refractivity contribution in [2.45, 2.75) is 6.18 Å². The van der Waals surface area contributed by atoms with Crippen molar-refractivity contribution in [3.63, 3.8) is 0 Å². The third-order valence-corrected chi connectivity index (χ3v) is 2.26. The number of benzene rings is 1. The van der Waals surface area contributed by atoms with Crippen LogP contribution in [-0.2, 0) is 6.18 Å². The summed E-state index contributed by atoms with van der Waals surface area (Å²) in [6, 6.07) is 5.90. The van der Waals surface area contributed by atoms with Crippen molar-refractivity contribution in [1.82, 2.24) is 9.97 Å². The number of anilines is 1. The summed E-state index contributed by atoms with van der Waals surface area (Å²) in [6.07, 6.45) is -2.87. The van der Waals surface area contributed by atoms with Crippen LogP contribution in [0.15, 0.2) is 36.5 Å². The van der Waals surface area contributed by atoms with Gasteiger partial charge in [0.15, 0.2) is 0 Å². The van der Waals surface area contributed by atoms with Gasteiger partial charge in [0.1, 0.15) is 5.75 Å². The summed E-state index contributed by atoms with van der Waals surface area (Å²) in [6.45, 7) is 0. The Morgan fingerprint density at radius 3 is 2.37 bits per heavy atom. The highest BCUT2D eigenvalue weighted by molar-refractivity contribution is 5.33. The fourth-order valence-electron chi connectivity index (χ4n) is 1.35. The molecule has 0 aliphatic heterocycles.